The molecule has 2 aromatic rings. The molecule has 146 valence electrons. The molecule has 2 aromatic heterocycles. The third-order valence-electron chi connectivity index (χ3n) is 3.61. The van der Waals surface area contributed by atoms with Crippen LogP contribution in [0.25, 0.3) is 0 Å². The normalized spacial score (nSPS) is 11.4. The van der Waals surface area contributed by atoms with Gasteiger partial charge < -0.3 is 22.8 Å². The SMILES string of the molecule is O=c1ccn(CCC[Si](O)O[Si](O)CCCn2ccc(=O)[nH]c2=O)c(=O)[nH]1. The maximum absolute atomic E-state index is 11.5. The van der Waals surface area contributed by atoms with E-state index in [-0.39, 0.29) is 0 Å². The Morgan fingerprint density at radius 1 is 0.815 bits per heavy atom. The van der Waals surface area contributed by atoms with Gasteiger partial charge in [0.05, 0.1) is 0 Å². The minimum atomic E-state index is -2.19. The highest BCUT2D eigenvalue weighted by Crippen LogP contribution is 2.04. The van der Waals surface area contributed by atoms with Crippen LogP contribution in [0.2, 0.25) is 12.1 Å². The van der Waals surface area contributed by atoms with Gasteiger partial charge in [-0.3, -0.25) is 19.6 Å². The molecule has 0 atom stereocenters. The second-order valence-corrected chi connectivity index (χ2v) is 9.10. The van der Waals surface area contributed by atoms with Crippen molar-refractivity contribution in [2.75, 3.05) is 0 Å². The van der Waals surface area contributed by atoms with Crippen LogP contribution >= 0.6 is 0 Å². The summed E-state index contributed by atoms with van der Waals surface area (Å²) in [7, 11) is -4.39. The predicted octanol–water partition coefficient (Wildman–Crippen LogP) is -2.16. The first-order valence-corrected chi connectivity index (χ1v) is 11.3. The minimum Gasteiger partial charge on any atom is -0.413 e. The number of rotatable bonds is 10. The lowest BCUT2D eigenvalue weighted by Gasteiger charge is -2.13. The summed E-state index contributed by atoms with van der Waals surface area (Å²) in [4.78, 5) is 69.1. The van der Waals surface area contributed by atoms with Gasteiger partial charge in [-0.15, -0.1) is 0 Å². The molecular weight excluding hydrogens is 392 g/mol. The fourth-order valence-corrected chi connectivity index (χ4v) is 5.11. The van der Waals surface area contributed by atoms with Crippen LogP contribution in [0.15, 0.2) is 43.7 Å². The maximum atomic E-state index is 11.5. The topological polar surface area (TPSA) is 159 Å². The second-order valence-electron chi connectivity index (χ2n) is 5.70. The Labute approximate surface area is 156 Å². The first kappa shape index (κ1) is 21.0. The summed E-state index contributed by atoms with van der Waals surface area (Å²) in [6.07, 6.45) is 3.68. The molecule has 0 spiro atoms. The Balaban J connectivity index is 1.68. The fourth-order valence-electron chi connectivity index (χ4n) is 2.28. The van der Waals surface area contributed by atoms with Crippen LogP contribution < -0.4 is 22.5 Å². The molecule has 0 saturated carbocycles. The molecule has 0 unspecified atom stereocenters. The summed E-state index contributed by atoms with van der Waals surface area (Å²) in [6, 6.07) is 3.10. The number of aromatic nitrogens is 4. The molecule has 2 heterocycles. The lowest BCUT2D eigenvalue weighted by Crippen LogP contribution is -2.32. The van der Waals surface area contributed by atoms with Crippen LogP contribution in [0, 0.1) is 0 Å². The van der Waals surface area contributed by atoms with E-state index in [9.17, 15) is 28.8 Å². The lowest BCUT2D eigenvalue weighted by atomic mass is 10.4. The van der Waals surface area contributed by atoms with Crippen molar-refractivity contribution in [2.45, 2.75) is 38.0 Å². The highest BCUT2D eigenvalue weighted by molar-refractivity contribution is 6.57. The molecule has 0 bridgehead atoms. The van der Waals surface area contributed by atoms with E-state index >= 15 is 0 Å². The van der Waals surface area contributed by atoms with E-state index in [1.807, 2.05) is 0 Å². The Bertz CT molecular complexity index is 889. The molecular formula is C14H20N4O7Si2. The number of hydrogen-bond donors (Lipinski definition) is 4. The molecule has 0 aromatic carbocycles. The van der Waals surface area contributed by atoms with Crippen molar-refractivity contribution in [3.63, 3.8) is 0 Å². The van der Waals surface area contributed by atoms with Gasteiger partial charge in [0.25, 0.3) is 11.1 Å². The third kappa shape index (κ3) is 7.07. The van der Waals surface area contributed by atoms with Crippen molar-refractivity contribution < 1.29 is 13.7 Å². The van der Waals surface area contributed by atoms with Crippen molar-refractivity contribution >= 4 is 18.6 Å². The molecule has 0 fully saturated rings. The standard InChI is InChI=1S/C14H20N4O7Si2/c19-11-3-7-17(13(21)15-11)5-1-9-26(23)25-27(24)10-2-6-18-8-4-12(20)16-14(18)22/h3-4,7-8,23-24H,1-2,5-6,9-10H2,(H,15,19,21)(H,16,20,22). The van der Waals surface area contributed by atoms with Gasteiger partial charge in [-0.05, 0) is 24.9 Å². The average Bonchev–Trinajstić information content (AvgIpc) is 2.58. The summed E-state index contributed by atoms with van der Waals surface area (Å²) in [5, 5.41) is 0. The van der Waals surface area contributed by atoms with E-state index in [4.69, 9.17) is 4.12 Å². The Kier molecular flexibility index (Phi) is 7.87. The molecule has 2 rings (SSSR count). The van der Waals surface area contributed by atoms with Crippen molar-refractivity contribution in [1.82, 2.24) is 19.1 Å². The summed E-state index contributed by atoms with van der Waals surface area (Å²) in [5.41, 5.74) is -1.97. The average molecular weight is 413 g/mol. The Morgan fingerprint density at radius 2 is 1.22 bits per heavy atom. The molecule has 0 aliphatic heterocycles. The molecule has 2 radical (unpaired) electrons. The van der Waals surface area contributed by atoms with Crippen LogP contribution in [0.5, 0.6) is 0 Å². The van der Waals surface area contributed by atoms with Gasteiger partial charge >= 0.3 is 29.9 Å². The van der Waals surface area contributed by atoms with E-state index in [0.29, 0.717) is 38.0 Å². The van der Waals surface area contributed by atoms with E-state index in [1.54, 1.807) is 0 Å². The van der Waals surface area contributed by atoms with Gasteiger partial charge in [0.2, 0.25) is 0 Å². The van der Waals surface area contributed by atoms with Gasteiger partial charge in [0.15, 0.2) is 0 Å². The first-order valence-electron chi connectivity index (χ1n) is 8.22. The Morgan fingerprint density at radius 3 is 1.59 bits per heavy atom. The summed E-state index contributed by atoms with van der Waals surface area (Å²) < 4.78 is 7.89. The van der Waals surface area contributed by atoms with Crippen LogP contribution in [-0.4, -0.2) is 47.3 Å². The van der Waals surface area contributed by atoms with E-state index in [1.165, 1.54) is 33.7 Å². The largest absolute Gasteiger partial charge is 0.413 e. The zero-order valence-corrected chi connectivity index (χ0v) is 16.4. The number of aromatic amines is 2. The van der Waals surface area contributed by atoms with Crippen molar-refractivity contribution in [1.29, 1.82) is 0 Å². The predicted molar refractivity (Wildman–Crippen MR) is 98.5 cm³/mol. The highest BCUT2D eigenvalue weighted by Gasteiger charge is 2.19. The van der Waals surface area contributed by atoms with Crippen LogP contribution in [0.1, 0.15) is 12.8 Å². The van der Waals surface area contributed by atoms with E-state index in [2.05, 4.69) is 9.97 Å². The molecule has 0 amide bonds. The molecule has 0 aliphatic carbocycles. The van der Waals surface area contributed by atoms with Gasteiger partial charge in [-0.2, -0.15) is 0 Å². The monoisotopic (exact) mass is 412 g/mol. The summed E-state index contributed by atoms with van der Waals surface area (Å²) in [6.45, 7) is 0.632. The van der Waals surface area contributed by atoms with Crippen molar-refractivity contribution in [2.24, 2.45) is 0 Å². The lowest BCUT2D eigenvalue weighted by molar-refractivity contribution is 0.348. The van der Waals surface area contributed by atoms with E-state index in [0.717, 1.165) is 0 Å². The number of nitrogens with one attached hydrogen (secondary N) is 2. The number of H-pyrrole nitrogens is 2. The molecule has 11 nitrogen and oxygen atoms in total. The van der Waals surface area contributed by atoms with Gasteiger partial charge in [0, 0.05) is 37.6 Å². The van der Waals surface area contributed by atoms with Gasteiger partial charge in [-0.25, -0.2) is 9.59 Å². The molecule has 4 N–H and O–H groups in total. The number of nitrogens with zero attached hydrogens (tertiary/aromatic N) is 2. The van der Waals surface area contributed by atoms with Crippen LogP contribution in [0.4, 0.5) is 0 Å². The third-order valence-corrected chi connectivity index (χ3v) is 7.06. The molecule has 27 heavy (non-hydrogen) atoms. The molecule has 0 aliphatic rings. The van der Waals surface area contributed by atoms with Gasteiger partial charge in [0.1, 0.15) is 0 Å². The van der Waals surface area contributed by atoms with Crippen molar-refractivity contribution in [3.8, 4) is 0 Å². The smallest absolute Gasteiger partial charge is 0.372 e. The first-order chi connectivity index (χ1) is 12.8. The van der Waals surface area contributed by atoms with Crippen LogP contribution in [0.3, 0.4) is 0 Å². The second kappa shape index (κ2) is 10.1. The van der Waals surface area contributed by atoms with Crippen molar-refractivity contribution in [3.05, 3.63) is 66.2 Å². The van der Waals surface area contributed by atoms with E-state index < -0.39 is 41.1 Å². The minimum absolute atomic E-state index is 0.310. The number of hydrogen-bond acceptors (Lipinski definition) is 7. The maximum Gasteiger partial charge on any atom is 0.372 e. The number of aryl methyl sites for hydroxylation is 2. The summed E-state index contributed by atoms with van der Waals surface area (Å²) in [5.74, 6) is 0. The molecule has 0 saturated heterocycles. The quantitative estimate of drug-likeness (QED) is 0.324. The zero-order chi connectivity index (χ0) is 19.8. The zero-order valence-electron chi connectivity index (χ0n) is 14.4. The van der Waals surface area contributed by atoms with Crippen LogP contribution in [-0.2, 0) is 17.2 Å². The summed E-state index contributed by atoms with van der Waals surface area (Å²) >= 11 is 0. The Hall–Kier alpha value is -2.33. The highest BCUT2D eigenvalue weighted by atomic mass is 28.4. The fraction of sp³-hybridized carbons (Fsp3) is 0.429. The molecule has 13 heteroatoms. The van der Waals surface area contributed by atoms with Gasteiger partial charge in [-0.1, -0.05) is 0 Å².